The molecule has 3 aromatic rings. The number of nitrogens with one attached hydrogen (secondary N) is 3. The van der Waals surface area contributed by atoms with E-state index >= 15 is 0 Å². The molecule has 176 valence electrons. The zero-order valence-corrected chi connectivity index (χ0v) is 19.4. The van der Waals surface area contributed by atoms with Crippen molar-refractivity contribution in [1.29, 1.82) is 0 Å². The molecule has 0 bridgehead atoms. The number of hydrogen-bond acceptors (Lipinski definition) is 3. The number of carbonyl (C=O) groups is 2. The molecule has 1 heterocycles. The highest BCUT2D eigenvalue weighted by atomic mass is 16.2. The molecule has 4 rings (SSSR count). The minimum atomic E-state index is -0.662. The molecular weight excluding hydrogens is 424 g/mol. The van der Waals surface area contributed by atoms with E-state index in [9.17, 15) is 9.59 Å². The van der Waals surface area contributed by atoms with Crippen LogP contribution < -0.4 is 16.0 Å². The summed E-state index contributed by atoms with van der Waals surface area (Å²) in [6, 6.07) is 26.4. The number of nitrogens with zero attached hydrogens (tertiary/aromatic N) is 1. The van der Waals surface area contributed by atoms with E-state index in [0.29, 0.717) is 18.7 Å². The minimum absolute atomic E-state index is 0.169. The summed E-state index contributed by atoms with van der Waals surface area (Å²) in [5.74, 6) is -0.169. The van der Waals surface area contributed by atoms with Crippen molar-refractivity contribution in [3.63, 3.8) is 0 Å². The van der Waals surface area contributed by atoms with Crippen molar-refractivity contribution >= 4 is 17.6 Å². The van der Waals surface area contributed by atoms with Gasteiger partial charge in [-0.3, -0.25) is 4.79 Å². The van der Waals surface area contributed by atoms with Crippen molar-refractivity contribution in [2.45, 2.75) is 25.3 Å². The summed E-state index contributed by atoms with van der Waals surface area (Å²) in [4.78, 5) is 28.0. The Labute approximate surface area is 201 Å². The Morgan fingerprint density at radius 3 is 2.09 bits per heavy atom. The van der Waals surface area contributed by atoms with Crippen molar-refractivity contribution in [3.05, 3.63) is 90.5 Å². The van der Waals surface area contributed by atoms with E-state index in [0.717, 1.165) is 36.3 Å². The first-order valence-electron chi connectivity index (χ1n) is 11.9. The van der Waals surface area contributed by atoms with E-state index in [1.807, 2.05) is 84.9 Å². The molecule has 1 aliphatic rings. The van der Waals surface area contributed by atoms with Crippen LogP contribution >= 0.6 is 0 Å². The Kier molecular flexibility index (Phi) is 8.30. The molecular formula is C28H32N4O2. The molecule has 0 saturated carbocycles. The Morgan fingerprint density at radius 1 is 0.794 bits per heavy atom. The Balaban J connectivity index is 1.35. The average Bonchev–Trinajstić information content (AvgIpc) is 3.39. The lowest BCUT2D eigenvalue weighted by atomic mass is 10.1. The predicted octanol–water partition coefficient (Wildman–Crippen LogP) is 4.30. The highest BCUT2D eigenvalue weighted by molar-refractivity contribution is 5.94. The largest absolute Gasteiger partial charge is 0.353 e. The van der Waals surface area contributed by atoms with E-state index in [1.54, 1.807) is 0 Å². The van der Waals surface area contributed by atoms with Gasteiger partial charge in [-0.1, -0.05) is 72.8 Å². The fraction of sp³-hybridized carbons (Fsp3) is 0.286. The average molecular weight is 457 g/mol. The van der Waals surface area contributed by atoms with E-state index in [-0.39, 0.29) is 5.91 Å². The molecule has 6 heteroatoms. The number of likely N-dealkylation sites (tertiary alicyclic amines) is 1. The van der Waals surface area contributed by atoms with Crippen molar-refractivity contribution in [2.75, 3.05) is 31.5 Å². The van der Waals surface area contributed by atoms with Gasteiger partial charge in [-0.15, -0.1) is 0 Å². The quantitative estimate of drug-likeness (QED) is 0.450. The number of urea groups is 1. The first kappa shape index (κ1) is 23.5. The first-order chi connectivity index (χ1) is 16.7. The van der Waals surface area contributed by atoms with Gasteiger partial charge in [-0.2, -0.15) is 0 Å². The van der Waals surface area contributed by atoms with Gasteiger partial charge in [0.1, 0.15) is 6.04 Å². The third kappa shape index (κ3) is 6.93. The predicted molar refractivity (Wildman–Crippen MR) is 137 cm³/mol. The fourth-order valence-electron chi connectivity index (χ4n) is 4.23. The maximum Gasteiger partial charge on any atom is 0.319 e. The maximum atomic E-state index is 12.9. The SMILES string of the molecule is O=C(Nc1ccc(-c2ccccc2)cc1)NC(Cc1ccccc1)C(=O)NCCN1CCCC1. The molecule has 0 spiro atoms. The lowest BCUT2D eigenvalue weighted by Gasteiger charge is -2.20. The van der Waals surface area contributed by atoms with Gasteiger partial charge in [0, 0.05) is 25.2 Å². The summed E-state index contributed by atoms with van der Waals surface area (Å²) in [7, 11) is 0. The molecule has 0 aromatic heterocycles. The lowest BCUT2D eigenvalue weighted by Crippen LogP contribution is -2.50. The van der Waals surface area contributed by atoms with Gasteiger partial charge in [0.15, 0.2) is 0 Å². The zero-order valence-electron chi connectivity index (χ0n) is 19.4. The molecule has 0 aliphatic carbocycles. The number of amides is 3. The van der Waals surface area contributed by atoms with Gasteiger partial charge in [-0.05, 0) is 54.8 Å². The van der Waals surface area contributed by atoms with E-state index in [4.69, 9.17) is 0 Å². The van der Waals surface area contributed by atoms with Crippen LogP contribution in [0.25, 0.3) is 11.1 Å². The van der Waals surface area contributed by atoms with Crippen LogP contribution in [0.4, 0.5) is 10.5 Å². The summed E-state index contributed by atoms with van der Waals surface area (Å²) >= 11 is 0. The van der Waals surface area contributed by atoms with Crippen molar-refractivity contribution in [3.8, 4) is 11.1 Å². The summed E-state index contributed by atoms with van der Waals surface area (Å²) in [6.07, 6.45) is 2.87. The molecule has 1 unspecified atom stereocenters. The molecule has 1 fully saturated rings. The number of benzene rings is 3. The number of hydrogen-bond donors (Lipinski definition) is 3. The third-order valence-electron chi connectivity index (χ3n) is 6.08. The summed E-state index contributed by atoms with van der Waals surface area (Å²) in [5, 5.41) is 8.72. The maximum absolute atomic E-state index is 12.9. The summed E-state index contributed by atoms with van der Waals surface area (Å²) < 4.78 is 0. The second kappa shape index (κ2) is 12.0. The molecule has 6 nitrogen and oxygen atoms in total. The van der Waals surface area contributed by atoms with Gasteiger partial charge in [0.25, 0.3) is 0 Å². The van der Waals surface area contributed by atoms with Crippen LogP contribution in [0, 0.1) is 0 Å². The van der Waals surface area contributed by atoms with Crippen LogP contribution in [0.1, 0.15) is 18.4 Å². The van der Waals surface area contributed by atoms with E-state index < -0.39 is 12.1 Å². The molecule has 3 amide bonds. The number of carbonyl (C=O) groups excluding carboxylic acids is 2. The molecule has 3 N–H and O–H groups in total. The molecule has 1 saturated heterocycles. The summed E-state index contributed by atoms with van der Waals surface area (Å²) in [6.45, 7) is 3.60. The second-order valence-corrected chi connectivity index (χ2v) is 8.62. The van der Waals surface area contributed by atoms with Gasteiger partial charge in [0.2, 0.25) is 5.91 Å². The fourth-order valence-corrected chi connectivity index (χ4v) is 4.23. The van der Waals surface area contributed by atoms with Crippen molar-refractivity contribution < 1.29 is 9.59 Å². The highest BCUT2D eigenvalue weighted by Crippen LogP contribution is 2.21. The Bertz CT molecular complexity index is 1050. The lowest BCUT2D eigenvalue weighted by molar-refractivity contribution is -0.122. The van der Waals surface area contributed by atoms with E-state index in [1.165, 1.54) is 12.8 Å². The topological polar surface area (TPSA) is 73.5 Å². The Morgan fingerprint density at radius 2 is 1.41 bits per heavy atom. The monoisotopic (exact) mass is 456 g/mol. The van der Waals surface area contributed by atoms with E-state index in [2.05, 4.69) is 20.9 Å². The van der Waals surface area contributed by atoms with Crippen LogP contribution in [-0.2, 0) is 11.2 Å². The normalized spacial score (nSPS) is 14.4. The minimum Gasteiger partial charge on any atom is -0.353 e. The second-order valence-electron chi connectivity index (χ2n) is 8.62. The molecule has 1 aliphatic heterocycles. The number of rotatable bonds is 9. The molecule has 34 heavy (non-hydrogen) atoms. The van der Waals surface area contributed by atoms with Gasteiger partial charge in [-0.25, -0.2) is 4.79 Å². The van der Waals surface area contributed by atoms with Crippen LogP contribution in [-0.4, -0.2) is 49.1 Å². The highest BCUT2D eigenvalue weighted by Gasteiger charge is 2.22. The Hall–Kier alpha value is -3.64. The van der Waals surface area contributed by atoms with Crippen molar-refractivity contribution in [1.82, 2.24) is 15.5 Å². The molecule has 3 aromatic carbocycles. The van der Waals surface area contributed by atoms with Crippen LogP contribution in [0.15, 0.2) is 84.9 Å². The zero-order chi connectivity index (χ0) is 23.6. The third-order valence-corrected chi connectivity index (χ3v) is 6.08. The van der Waals surface area contributed by atoms with Gasteiger partial charge in [0.05, 0.1) is 0 Å². The van der Waals surface area contributed by atoms with Crippen LogP contribution in [0.3, 0.4) is 0 Å². The molecule has 0 radical (unpaired) electrons. The first-order valence-corrected chi connectivity index (χ1v) is 11.9. The summed E-state index contributed by atoms with van der Waals surface area (Å²) in [5.41, 5.74) is 3.86. The van der Waals surface area contributed by atoms with Gasteiger partial charge < -0.3 is 20.9 Å². The van der Waals surface area contributed by atoms with Gasteiger partial charge >= 0.3 is 6.03 Å². The van der Waals surface area contributed by atoms with Crippen LogP contribution in [0.5, 0.6) is 0 Å². The number of anilines is 1. The smallest absolute Gasteiger partial charge is 0.319 e. The van der Waals surface area contributed by atoms with Crippen molar-refractivity contribution in [2.24, 2.45) is 0 Å². The molecule has 1 atom stereocenters. The van der Waals surface area contributed by atoms with Crippen LogP contribution in [0.2, 0.25) is 0 Å². The standard InChI is InChI=1S/C28H32N4O2/c33-27(29-17-20-32-18-7-8-19-32)26(21-22-9-3-1-4-10-22)31-28(34)30-25-15-13-24(14-16-25)23-11-5-2-6-12-23/h1-6,9-16,26H,7-8,17-21H2,(H,29,33)(H2,30,31,34).